The van der Waals surface area contributed by atoms with Crippen LogP contribution in [0.25, 0.3) is 0 Å². The summed E-state index contributed by atoms with van der Waals surface area (Å²) < 4.78 is 30.2. The van der Waals surface area contributed by atoms with E-state index in [4.69, 9.17) is 4.74 Å². The highest BCUT2D eigenvalue weighted by molar-refractivity contribution is 7.89. The van der Waals surface area contributed by atoms with E-state index in [1.165, 1.54) is 0 Å². The number of unbranched alkanes of at least 4 members (excludes halogenated alkanes) is 1. The molecule has 0 saturated heterocycles. The highest BCUT2D eigenvalue weighted by Crippen LogP contribution is 1.88. The highest BCUT2D eigenvalue weighted by atomic mass is 32.2. The molecule has 0 fully saturated rings. The minimum Gasteiger partial charge on any atom is -0.382 e. The Kier molecular flexibility index (Phi) is 12.3. The van der Waals surface area contributed by atoms with Gasteiger partial charge < -0.3 is 15.4 Å². The van der Waals surface area contributed by atoms with Crippen molar-refractivity contribution in [2.45, 2.75) is 33.1 Å². The molecule has 7 nitrogen and oxygen atoms in total. The number of sulfonamides is 1. The number of hydrogen-bond donors (Lipinski definition) is 3. The second kappa shape index (κ2) is 12.8. The van der Waals surface area contributed by atoms with E-state index in [1.807, 2.05) is 6.92 Å². The van der Waals surface area contributed by atoms with Gasteiger partial charge in [-0.1, -0.05) is 0 Å². The lowest BCUT2D eigenvalue weighted by molar-refractivity contribution is 0.143. The van der Waals surface area contributed by atoms with E-state index in [2.05, 4.69) is 20.3 Å². The van der Waals surface area contributed by atoms with Crippen LogP contribution in [0.1, 0.15) is 33.1 Å². The molecule has 126 valence electrons. The number of aliphatic imine (C=N–C) groups is 1. The molecule has 0 aromatic heterocycles. The first kappa shape index (κ1) is 20.1. The maximum atomic E-state index is 11.2. The summed E-state index contributed by atoms with van der Waals surface area (Å²) in [5.41, 5.74) is 0. The predicted molar refractivity (Wildman–Crippen MR) is 87.2 cm³/mol. The van der Waals surface area contributed by atoms with Crippen molar-refractivity contribution in [2.24, 2.45) is 4.99 Å². The summed E-state index contributed by atoms with van der Waals surface area (Å²) in [5.74, 6) is 0.857. The topological polar surface area (TPSA) is 91.8 Å². The fourth-order valence-electron chi connectivity index (χ4n) is 1.53. The molecule has 0 aliphatic rings. The number of rotatable bonds is 12. The third kappa shape index (κ3) is 12.6. The van der Waals surface area contributed by atoms with Crippen LogP contribution in [-0.2, 0) is 14.8 Å². The summed E-state index contributed by atoms with van der Waals surface area (Å²) in [6.45, 7) is 7.12. The molecule has 0 aromatic rings. The quantitative estimate of drug-likeness (QED) is 0.273. The zero-order valence-corrected chi connectivity index (χ0v) is 14.3. The summed E-state index contributed by atoms with van der Waals surface area (Å²) in [4.78, 5) is 4.11. The summed E-state index contributed by atoms with van der Waals surface area (Å²) in [6, 6.07) is 0. The number of guanidine groups is 1. The van der Waals surface area contributed by atoms with Crippen molar-refractivity contribution in [1.82, 2.24) is 15.4 Å². The van der Waals surface area contributed by atoms with Crippen LogP contribution in [-0.4, -0.2) is 60.0 Å². The van der Waals surface area contributed by atoms with Crippen LogP contribution in [0.5, 0.6) is 0 Å². The Labute approximate surface area is 129 Å². The van der Waals surface area contributed by atoms with Gasteiger partial charge in [0.1, 0.15) is 0 Å². The molecule has 0 radical (unpaired) electrons. The lowest BCUT2D eigenvalue weighted by atomic mass is 10.3. The average Bonchev–Trinajstić information content (AvgIpc) is 2.48. The highest BCUT2D eigenvalue weighted by Gasteiger charge is 2.04. The van der Waals surface area contributed by atoms with Crippen LogP contribution in [0.3, 0.4) is 0 Å². The second-order valence-corrected chi connectivity index (χ2v) is 6.58. The van der Waals surface area contributed by atoms with Gasteiger partial charge in [0.2, 0.25) is 10.0 Å². The SMILES string of the molecule is CCOCCCCNC(=NC)NCCCNS(=O)(=O)CC. The van der Waals surface area contributed by atoms with Crippen molar-refractivity contribution in [3.63, 3.8) is 0 Å². The van der Waals surface area contributed by atoms with Crippen LogP contribution in [0.4, 0.5) is 0 Å². The van der Waals surface area contributed by atoms with E-state index in [-0.39, 0.29) is 5.75 Å². The van der Waals surface area contributed by atoms with Gasteiger partial charge in [0.25, 0.3) is 0 Å². The Balaban J connectivity index is 3.58. The van der Waals surface area contributed by atoms with E-state index in [1.54, 1.807) is 14.0 Å². The Morgan fingerprint density at radius 2 is 1.71 bits per heavy atom. The van der Waals surface area contributed by atoms with Crippen molar-refractivity contribution < 1.29 is 13.2 Å². The minimum atomic E-state index is -3.09. The smallest absolute Gasteiger partial charge is 0.211 e. The first-order valence-corrected chi connectivity index (χ1v) is 9.20. The van der Waals surface area contributed by atoms with Gasteiger partial charge in [0, 0.05) is 39.9 Å². The van der Waals surface area contributed by atoms with Gasteiger partial charge >= 0.3 is 0 Å². The molecule has 0 aromatic carbocycles. The Hall–Kier alpha value is -0.860. The molecule has 0 amide bonds. The summed E-state index contributed by atoms with van der Waals surface area (Å²) in [7, 11) is -1.37. The molecule has 0 rings (SSSR count). The number of nitrogens with one attached hydrogen (secondary N) is 3. The van der Waals surface area contributed by atoms with E-state index >= 15 is 0 Å². The standard InChI is InChI=1S/C13H30N4O3S/c1-4-20-12-7-6-9-15-13(14-3)16-10-8-11-17-21(18,19)5-2/h17H,4-12H2,1-3H3,(H2,14,15,16). The fourth-order valence-corrected chi connectivity index (χ4v) is 2.19. The van der Waals surface area contributed by atoms with Crippen LogP contribution >= 0.6 is 0 Å². The van der Waals surface area contributed by atoms with E-state index in [9.17, 15) is 8.42 Å². The van der Waals surface area contributed by atoms with E-state index in [0.29, 0.717) is 19.5 Å². The molecule has 0 heterocycles. The summed E-state index contributed by atoms with van der Waals surface area (Å²) in [6.07, 6.45) is 2.76. The Morgan fingerprint density at radius 1 is 1.05 bits per heavy atom. The van der Waals surface area contributed by atoms with Crippen molar-refractivity contribution in [3.8, 4) is 0 Å². The van der Waals surface area contributed by atoms with Gasteiger partial charge in [0.05, 0.1) is 5.75 Å². The van der Waals surface area contributed by atoms with Crippen LogP contribution < -0.4 is 15.4 Å². The lowest BCUT2D eigenvalue weighted by Gasteiger charge is -2.12. The molecule has 0 saturated carbocycles. The van der Waals surface area contributed by atoms with Gasteiger partial charge in [-0.2, -0.15) is 0 Å². The number of ether oxygens (including phenoxy) is 1. The predicted octanol–water partition coefficient (Wildman–Crippen LogP) is 0.298. The van der Waals surface area contributed by atoms with Gasteiger partial charge in [-0.25, -0.2) is 13.1 Å². The van der Waals surface area contributed by atoms with Crippen molar-refractivity contribution >= 4 is 16.0 Å². The van der Waals surface area contributed by atoms with Gasteiger partial charge in [0.15, 0.2) is 5.96 Å². The van der Waals surface area contributed by atoms with Gasteiger partial charge in [-0.05, 0) is 33.1 Å². The molecule has 0 spiro atoms. The molecule has 21 heavy (non-hydrogen) atoms. The molecule has 3 N–H and O–H groups in total. The Bertz CT molecular complexity index is 372. The zero-order valence-electron chi connectivity index (χ0n) is 13.4. The maximum absolute atomic E-state index is 11.2. The summed E-state index contributed by atoms with van der Waals surface area (Å²) >= 11 is 0. The Morgan fingerprint density at radius 3 is 2.29 bits per heavy atom. The van der Waals surface area contributed by atoms with Crippen molar-refractivity contribution in [2.75, 3.05) is 45.6 Å². The third-order valence-corrected chi connectivity index (χ3v) is 4.19. The molecule has 0 atom stereocenters. The molecule has 8 heteroatoms. The normalized spacial score (nSPS) is 12.4. The third-order valence-electron chi connectivity index (χ3n) is 2.78. The molecular weight excluding hydrogens is 292 g/mol. The van der Waals surface area contributed by atoms with E-state index < -0.39 is 10.0 Å². The molecule has 0 aliphatic heterocycles. The monoisotopic (exact) mass is 322 g/mol. The molecule has 0 aliphatic carbocycles. The van der Waals surface area contributed by atoms with Crippen LogP contribution in [0, 0.1) is 0 Å². The lowest BCUT2D eigenvalue weighted by Crippen LogP contribution is -2.39. The van der Waals surface area contributed by atoms with Gasteiger partial charge in [-0.15, -0.1) is 0 Å². The zero-order chi connectivity index (χ0) is 16.0. The first-order chi connectivity index (χ1) is 10.1. The fraction of sp³-hybridized carbons (Fsp3) is 0.923. The maximum Gasteiger partial charge on any atom is 0.211 e. The number of nitrogens with zero attached hydrogens (tertiary/aromatic N) is 1. The average molecular weight is 322 g/mol. The minimum absolute atomic E-state index is 0.116. The molecule has 0 bridgehead atoms. The van der Waals surface area contributed by atoms with Crippen molar-refractivity contribution in [3.05, 3.63) is 0 Å². The largest absolute Gasteiger partial charge is 0.382 e. The number of hydrogen-bond acceptors (Lipinski definition) is 4. The van der Waals surface area contributed by atoms with Crippen LogP contribution in [0.15, 0.2) is 4.99 Å². The van der Waals surface area contributed by atoms with Gasteiger partial charge in [-0.3, -0.25) is 4.99 Å². The second-order valence-electron chi connectivity index (χ2n) is 4.48. The summed E-state index contributed by atoms with van der Waals surface area (Å²) in [5, 5.41) is 6.36. The first-order valence-electron chi connectivity index (χ1n) is 7.55. The van der Waals surface area contributed by atoms with E-state index in [0.717, 1.165) is 38.6 Å². The van der Waals surface area contributed by atoms with Crippen molar-refractivity contribution in [1.29, 1.82) is 0 Å². The molecular formula is C13H30N4O3S. The molecule has 0 unspecified atom stereocenters. The van der Waals surface area contributed by atoms with Crippen LogP contribution in [0.2, 0.25) is 0 Å².